The Hall–Kier alpha value is -1.90. The van der Waals surface area contributed by atoms with Gasteiger partial charge in [-0.15, -0.1) is 11.3 Å². The lowest BCUT2D eigenvalue weighted by molar-refractivity contribution is 0.310. The number of nitrogen functional groups attached to an aromatic ring is 1. The highest BCUT2D eigenvalue weighted by Gasteiger charge is 2.24. The van der Waals surface area contributed by atoms with Crippen LogP contribution in [0.5, 0.6) is 0 Å². The van der Waals surface area contributed by atoms with E-state index in [2.05, 4.69) is 23.0 Å². The predicted molar refractivity (Wildman–Crippen MR) is 76.7 cm³/mol. The number of nitrogens with zero attached hydrogens (tertiary/aromatic N) is 3. The molecule has 0 unspecified atom stereocenters. The Morgan fingerprint density at radius 3 is 3.05 bits per heavy atom. The number of anilines is 1. The summed E-state index contributed by atoms with van der Waals surface area (Å²) in [7, 11) is 2.09. The second-order valence-corrected chi connectivity index (χ2v) is 5.70. The number of hydrogen-bond donors (Lipinski definition) is 1. The molecule has 0 saturated heterocycles. The molecule has 3 heterocycles. The molecule has 1 aliphatic heterocycles. The summed E-state index contributed by atoms with van der Waals surface area (Å²) in [5.74, 6) is 0.356. The van der Waals surface area contributed by atoms with Crippen LogP contribution in [0.4, 0.5) is 5.82 Å². The van der Waals surface area contributed by atoms with Crippen LogP contribution in [-0.4, -0.2) is 23.5 Å². The largest absolute Gasteiger partial charge is 0.383 e. The van der Waals surface area contributed by atoms with Gasteiger partial charge in [-0.1, -0.05) is 6.07 Å². The van der Waals surface area contributed by atoms with Gasteiger partial charge >= 0.3 is 0 Å². The number of thiophene rings is 1. The van der Waals surface area contributed by atoms with Crippen molar-refractivity contribution in [2.24, 2.45) is 0 Å². The normalized spacial score (nSPS) is 14.9. The Balaban J connectivity index is 2.30. The molecular formula is C14H14N4S. The molecule has 19 heavy (non-hydrogen) atoms. The van der Waals surface area contributed by atoms with Gasteiger partial charge in [-0.3, -0.25) is 0 Å². The molecule has 96 valence electrons. The maximum atomic E-state index is 9.39. The van der Waals surface area contributed by atoms with Crippen molar-refractivity contribution < 1.29 is 0 Å². The van der Waals surface area contributed by atoms with Crippen LogP contribution in [0.1, 0.15) is 16.8 Å². The van der Waals surface area contributed by atoms with E-state index in [-0.39, 0.29) is 0 Å². The molecule has 3 rings (SSSR count). The average Bonchev–Trinajstić information content (AvgIpc) is 2.91. The predicted octanol–water partition coefficient (Wildman–Crippen LogP) is 2.25. The van der Waals surface area contributed by atoms with Crippen molar-refractivity contribution in [2.45, 2.75) is 13.0 Å². The smallest absolute Gasteiger partial charge is 0.142 e. The molecule has 0 aliphatic carbocycles. The summed E-state index contributed by atoms with van der Waals surface area (Å²) in [4.78, 5) is 7.77. The van der Waals surface area contributed by atoms with E-state index in [1.807, 2.05) is 17.5 Å². The summed E-state index contributed by atoms with van der Waals surface area (Å²) in [5, 5.41) is 11.4. The number of aromatic nitrogens is 1. The first-order valence-corrected chi connectivity index (χ1v) is 7.02. The van der Waals surface area contributed by atoms with Gasteiger partial charge in [0.05, 0.1) is 0 Å². The average molecular weight is 270 g/mol. The Labute approximate surface area is 116 Å². The highest BCUT2D eigenvalue weighted by Crippen LogP contribution is 2.36. The summed E-state index contributed by atoms with van der Waals surface area (Å²) in [5.41, 5.74) is 9.64. The monoisotopic (exact) mass is 270 g/mol. The summed E-state index contributed by atoms with van der Waals surface area (Å²) in [6.45, 7) is 1.81. The fraction of sp³-hybridized carbons (Fsp3) is 0.286. The molecule has 0 spiro atoms. The van der Waals surface area contributed by atoms with Crippen LogP contribution in [0.3, 0.4) is 0 Å². The van der Waals surface area contributed by atoms with Gasteiger partial charge in [0.2, 0.25) is 0 Å². The minimum Gasteiger partial charge on any atom is -0.383 e. The maximum absolute atomic E-state index is 9.39. The Kier molecular flexibility index (Phi) is 2.97. The number of hydrogen-bond acceptors (Lipinski definition) is 5. The van der Waals surface area contributed by atoms with Crippen LogP contribution in [0, 0.1) is 11.3 Å². The number of likely N-dealkylation sites (N-methyl/N-ethyl adjacent to an activating group) is 1. The minimum atomic E-state index is 0.356. The fourth-order valence-electron chi connectivity index (χ4n) is 2.52. The first-order valence-electron chi connectivity index (χ1n) is 6.14. The molecular weight excluding hydrogens is 256 g/mol. The van der Waals surface area contributed by atoms with Gasteiger partial charge in [-0.25, -0.2) is 4.98 Å². The molecule has 4 nitrogen and oxygen atoms in total. The SMILES string of the molecule is CN1CCc2nc(N)c(C#N)c(-c3cccs3)c2C1. The van der Waals surface area contributed by atoms with Gasteiger partial charge in [0.25, 0.3) is 0 Å². The third kappa shape index (κ3) is 1.99. The van der Waals surface area contributed by atoms with Crippen molar-refractivity contribution >= 4 is 17.2 Å². The topological polar surface area (TPSA) is 65.9 Å². The molecule has 1 aliphatic rings. The van der Waals surface area contributed by atoms with Gasteiger partial charge in [-0.05, 0) is 24.1 Å². The van der Waals surface area contributed by atoms with Crippen molar-refractivity contribution in [2.75, 3.05) is 19.3 Å². The molecule has 0 aromatic carbocycles. The van der Waals surface area contributed by atoms with E-state index in [4.69, 9.17) is 5.73 Å². The number of fused-ring (bicyclic) bond motifs is 1. The minimum absolute atomic E-state index is 0.356. The van der Waals surface area contributed by atoms with Crippen molar-refractivity contribution in [3.8, 4) is 16.5 Å². The van der Waals surface area contributed by atoms with E-state index in [1.165, 1.54) is 0 Å². The lowest BCUT2D eigenvalue weighted by Crippen LogP contribution is -2.28. The molecule has 0 radical (unpaired) electrons. The van der Waals surface area contributed by atoms with Crippen LogP contribution in [0.15, 0.2) is 17.5 Å². The number of nitrogens with two attached hydrogens (primary N) is 1. The van der Waals surface area contributed by atoms with Crippen molar-refractivity contribution in [3.63, 3.8) is 0 Å². The van der Waals surface area contributed by atoms with E-state index in [0.29, 0.717) is 11.4 Å². The molecule has 0 bridgehead atoms. The second-order valence-electron chi connectivity index (χ2n) is 4.75. The summed E-state index contributed by atoms with van der Waals surface area (Å²) in [6, 6.07) is 6.25. The van der Waals surface area contributed by atoms with Crippen LogP contribution >= 0.6 is 11.3 Å². The maximum Gasteiger partial charge on any atom is 0.142 e. The lowest BCUT2D eigenvalue weighted by atomic mass is 9.95. The van der Waals surface area contributed by atoms with E-state index >= 15 is 0 Å². The molecule has 5 heteroatoms. The van der Waals surface area contributed by atoms with Crippen molar-refractivity contribution in [1.82, 2.24) is 9.88 Å². The summed E-state index contributed by atoms with van der Waals surface area (Å²) in [6.07, 6.45) is 0.889. The number of rotatable bonds is 1. The lowest BCUT2D eigenvalue weighted by Gasteiger charge is -2.27. The van der Waals surface area contributed by atoms with Gasteiger partial charge in [0.15, 0.2) is 0 Å². The van der Waals surface area contributed by atoms with Crippen LogP contribution in [0.25, 0.3) is 10.4 Å². The molecule has 2 N–H and O–H groups in total. The van der Waals surface area contributed by atoms with Gasteiger partial charge in [-0.2, -0.15) is 5.26 Å². The molecule has 0 fully saturated rings. The quantitative estimate of drug-likeness (QED) is 0.863. The molecule has 2 aromatic rings. The van der Waals surface area contributed by atoms with E-state index in [9.17, 15) is 5.26 Å². The summed E-state index contributed by atoms with van der Waals surface area (Å²) >= 11 is 1.64. The Morgan fingerprint density at radius 1 is 1.53 bits per heavy atom. The zero-order valence-corrected chi connectivity index (χ0v) is 11.5. The molecule has 0 amide bonds. The Morgan fingerprint density at radius 2 is 2.37 bits per heavy atom. The fourth-order valence-corrected chi connectivity index (χ4v) is 3.32. The first kappa shape index (κ1) is 12.2. The highest BCUT2D eigenvalue weighted by atomic mass is 32.1. The molecule has 2 aromatic heterocycles. The van der Waals surface area contributed by atoms with Crippen LogP contribution < -0.4 is 5.73 Å². The number of pyridine rings is 1. The molecule has 0 saturated carbocycles. The van der Waals surface area contributed by atoms with Crippen molar-refractivity contribution in [3.05, 3.63) is 34.3 Å². The zero-order valence-electron chi connectivity index (χ0n) is 10.7. The first-order chi connectivity index (χ1) is 9.20. The number of nitriles is 1. The third-order valence-electron chi connectivity index (χ3n) is 3.45. The summed E-state index contributed by atoms with van der Waals surface area (Å²) < 4.78 is 0. The van der Waals surface area contributed by atoms with Gasteiger partial charge in [0.1, 0.15) is 17.5 Å². The van der Waals surface area contributed by atoms with E-state index in [1.54, 1.807) is 11.3 Å². The Bertz CT molecular complexity index is 655. The highest BCUT2D eigenvalue weighted by molar-refractivity contribution is 7.13. The van der Waals surface area contributed by atoms with Gasteiger partial charge < -0.3 is 10.6 Å². The second kappa shape index (κ2) is 4.65. The van der Waals surface area contributed by atoms with Gasteiger partial charge in [0, 0.05) is 35.6 Å². The van der Waals surface area contributed by atoms with E-state index in [0.717, 1.165) is 41.2 Å². The van der Waals surface area contributed by atoms with E-state index < -0.39 is 0 Å². The standard InChI is InChI=1S/C14H14N4S/c1-18-5-4-11-10(8-18)13(12-3-2-6-19-12)9(7-15)14(16)17-11/h2-3,6H,4-5,8H2,1H3,(H2,16,17). The third-order valence-corrected chi connectivity index (χ3v) is 4.34. The van der Waals surface area contributed by atoms with Crippen LogP contribution in [-0.2, 0) is 13.0 Å². The van der Waals surface area contributed by atoms with Crippen LogP contribution in [0.2, 0.25) is 0 Å². The van der Waals surface area contributed by atoms with Crippen molar-refractivity contribution in [1.29, 1.82) is 5.26 Å². The zero-order chi connectivity index (χ0) is 13.4. The molecule has 0 atom stereocenters.